The molecular weight excluding hydrogens is 254 g/mol. The molecule has 4 heteroatoms. The highest BCUT2D eigenvalue weighted by molar-refractivity contribution is 4.88. The Morgan fingerprint density at radius 2 is 1.85 bits per heavy atom. The van der Waals surface area contributed by atoms with E-state index in [0.717, 1.165) is 32.1 Å². The van der Waals surface area contributed by atoms with Crippen LogP contribution in [0.2, 0.25) is 0 Å². The van der Waals surface area contributed by atoms with Gasteiger partial charge in [-0.25, -0.2) is 0 Å². The summed E-state index contributed by atoms with van der Waals surface area (Å²) in [7, 11) is 3.71. The van der Waals surface area contributed by atoms with Crippen molar-refractivity contribution in [2.75, 3.05) is 47.1 Å². The molecule has 1 aliphatic rings. The molecule has 0 spiro atoms. The van der Waals surface area contributed by atoms with Gasteiger partial charge in [-0.15, -0.1) is 0 Å². The van der Waals surface area contributed by atoms with Crippen LogP contribution in [0, 0.1) is 5.92 Å². The van der Waals surface area contributed by atoms with E-state index >= 15 is 0 Å². The Balaban J connectivity index is 2.19. The van der Waals surface area contributed by atoms with Crippen LogP contribution in [-0.4, -0.2) is 52.7 Å². The summed E-state index contributed by atoms with van der Waals surface area (Å²) < 4.78 is 16.7. The maximum Gasteiger partial charge on any atom is 0.0806 e. The lowest BCUT2D eigenvalue weighted by molar-refractivity contribution is -0.0810. The average molecular weight is 287 g/mol. The third-order valence-electron chi connectivity index (χ3n) is 4.37. The second-order valence-corrected chi connectivity index (χ2v) is 5.87. The van der Waals surface area contributed by atoms with Crippen molar-refractivity contribution in [3.05, 3.63) is 0 Å². The SMILES string of the molecule is CCC1CCC(CNC)(OCCCOCCOC)CC1. The Bertz CT molecular complexity index is 228. The molecule has 1 aliphatic carbocycles. The maximum atomic E-state index is 6.24. The highest BCUT2D eigenvalue weighted by atomic mass is 16.5. The van der Waals surface area contributed by atoms with Crippen molar-refractivity contribution >= 4 is 0 Å². The summed E-state index contributed by atoms with van der Waals surface area (Å²) in [6, 6.07) is 0. The first-order valence-electron chi connectivity index (χ1n) is 8.11. The molecule has 0 radical (unpaired) electrons. The Kier molecular flexibility index (Phi) is 9.44. The van der Waals surface area contributed by atoms with Crippen molar-refractivity contribution in [2.45, 2.75) is 51.0 Å². The largest absolute Gasteiger partial charge is 0.382 e. The summed E-state index contributed by atoms with van der Waals surface area (Å²) in [5.74, 6) is 0.904. The minimum atomic E-state index is 0.0625. The van der Waals surface area contributed by atoms with Crippen molar-refractivity contribution in [3.8, 4) is 0 Å². The second-order valence-electron chi connectivity index (χ2n) is 5.87. The topological polar surface area (TPSA) is 39.7 Å². The van der Waals surface area contributed by atoms with Gasteiger partial charge in [0.2, 0.25) is 0 Å². The third kappa shape index (κ3) is 6.53. The van der Waals surface area contributed by atoms with E-state index in [1.54, 1.807) is 7.11 Å². The summed E-state index contributed by atoms with van der Waals surface area (Å²) in [5.41, 5.74) is 0.0625. The smallest absolute Gasteiger partial charge is 0.0806 e. The van der Waals surface area contributed by atoms with Gasteiger partial charge in [0.15, 0.2) is 0 Å². The van der Waals surface area contributed by atoms with Crippen molar-refractivity contribution in [3.63, 3.8) is 0 Å². The zero-order chi connectivity index (χ0) is 14.7. The summed E-state index contributed by atoms with van der Waals surface area (Å²) in [4.78, 5) is 0. The molecule has 1 saturated carbocycles. The number of methoxy groups -OCH3 is 1. The quantitative estimate of drug-likeness (QED) is 0.593. The molecule has 0 bridgehead atoms. The van der Waals surface area contributed by atoms with Gasteiger partial charge in [-0.2, -0.15) is 0 Å². The van der Waals surface area contributed by atoms with Gasteiger partial charge in [-0.3, -0.25) is 0 Å². The molecule has 1 fully saturated rings. The van der Waals surface area contributed by atoms with Crippen LogP contribution in [0.1, 0.15) is 45.4 Å². The van der Waals surface area contributed by atoms with Crippen LogP contribution in [0.3, 0.4) is 0 Å². The molecule has 0 aromatic carbocycles. The molecule has 0 aliphatic heterocycles. The zero-order valence-corrected chi connectivity index (χ0v) is 13.6. The lowest BCUT2D eigenvalue weighted by Gasteiger charge is -2.40. The lowest BCUT2D eigenvalue weighted by Crippen LogP contribution is -2.45. The molecule has 1 rings (SSSR count). The van der Waals surface area contributed by atoms with Crippen molar-refractivity contribution in [1.29, 1.82) is 0 Å². The number of hydrogen-bond acceptors (Lipinski definition) is 4. The van der Waals surface area contributed by atoms with E-state index in [4.69, 9.17) is 14.2 Å². The monoisotopic (exact) mass is 287 g/mol. The van der Waals surface area contributed by atoms with Gasteiger partial charge in [0.05, 0.1) is 18.8 Å². The van der Waals surface area contributed by atoms with Gasteiger partial charge in [0.1, 0.15) is 0 Å². The number of ether oxygens (including phenoxy) is 3. The van der Waals surface area contributed by atoms with E-state index in [2.05, 4.69) is 12.2 Å². The zero-order valence-electron chi connectivity index (χ0n) is 13.6. The van der Waals surface area contributed by atoms with Gasteiger partial charge in [-0.05, 0) is 45.1 Å². The van der Waals surface area contributed by atoms with Crippen LogP contribution in [0.15, 0.2) is 0 Å². The first kappa shape index (κ1) is 17.9. The molecule has 20 heavy (non-hydrogen) atoms. The summed E-state index contributed by atoms with van der Waals surface area (Å²) in [6.45, 7) is 6.17. The average Bonchev–Trinajstić information content (AvgIpc) is 2.47. The second kappa shape index (κ2) is 10.6. The first-order valence-corrected chi connectivity index (χ1v) is 8.11. The van der Waals surface area contributed by atoms with Crippen molar-refractivity contribution in [2.24, 2.45) is 5.92 Å². The van der Waals surface area contributed by atoms with E-state index in [1.165, 1.54) is 32.1 Å². The number of likely N-dealkylation sites (N-methyl/N-ethyl adjacent to an activating group) is 1. The predicted molar refractivity (Wildman–Crippen MR) is 82.2 cm³/mol. The van der Waals surface area contributed by atoms with E-state index < -0.39 is 0 Å². The van der Waals surface area contributed by atoms with E-state index in [0.29, 0.717) is 13.2 Å². The maximum absolute atomic E-state index is 6.24. The molecule has 0 unspecified atom stereocenters. The normalized spacial score (nSPS) is 26.9. The molecule has 0 amide bonds. The summed E-state index contributed by atoms with van der Waals surface area (Å²) >= 11 is 0. The molecule has 4 nitrogen and oxygen atoms in total. The Hall–Kier alpha value is -0.160. The molecule has 0 aromatic heterocycles. The highest BCUT2D eigenvalue weighted by Crippen LogP contribution is 2.36. The van der Waals surface area contributed by atoms with Crippen LogP contribution in [-0.2, 0) is 14.2 Å². The Morgan fingerprint density at radius 1 is 1.10 bits per heavy atom. The first-order chi connectivity index (χ1) is 9.76. The standard InChI is InChI=1S/C16H33NO3/c1-4-15-6-8-16(9-7-15,14-17-2)20-11-5-10-19-13-12-18-3/h15,17H,4-14H2,1-3H3. The molecule has 120 valence electrons. The van der Waals surface area contributed by atoms with E-state index in [9.17, 15) is 0 Å². The molecule has 0 saturated heterocycles. The van der Waals surface area contributed by atoms with Gasteiger partial charge >= 0.3 is 0 Å². The van der Waals surface area contributed by atoms with Crippen LogP contribution < -0.4 is 5.32 Å². The Labute approximate surface area is 124 Å². The van der Waals surface area contributed by atoms with Crippen molar-refractivity contribution in [1.82, 2.24) is 5.32 Å². The molecule has 0 atom stereocenters. The fourth-order valence-corrected chi connectivity index (χ4v) is 3.00. The van der Waals surface area contributed by atoms with Gasteiger partial charge < -0.3 is 19.5 Å². The molecule has 0 heterocycles. The third-order valence-corrected chi connectivity index (χ3v) is 4.37. The lowest BCUT2D eigenvalue weighted by atomic mass is 9.77. The van der Waals surface area contributed by atoms with Gasteiger partial charge in [0, 0.05) is 26.9 Å². The summed E-state index contributed by atoms with van der Waals surface area (Å²) in [6.07, 6.45) is 7.27. The van der Waals surface area contributed by atoms with Gasteiger partial charge in [0.25, 0.3) is 0 Å². The van der Waals surface area contributed by atoms with Crippen LogP contribution in [0.5, 0.6) is 0 Å². The molecular formula is C16H33NO3. The summed E-state index contributed by atoms with van der Waals surface area (Å²) in [5, 5.41) is 3.31. The van der Waals surface area contributed by atoms with E-state index in [-0.39, 0.29) is 5.60 Å². The number of hydrogen-bond donors (Lipinski definition) is 1. The van der Waals surface area contributed by atoms with Crippen molar-refractivity contribution < 1.29 is 14.2 Å². The predicted octanol–water partition coefficient (Wildman–Crippen LogP) is 2.61. The minimum absolute atomic E-state index is 0.0625. The minimum Gasteiger partial charge on any atom is -0.382 e. The highest BCUT2D eigenvalue weighted by Gasteiger charge is 2.34. The fraction of sp³-hybridized carbons (Fsp3) is 1.00. The Morgan fingerprint density at radius 3 is 2.45 bits per heavy atom. The van der Waals surface area contributed by atoms with Gasteiger partial charge in [-0.1, -0.05) is 13.3 Å². The van der Waals surface area contributed by atoms with Crippen LogP contribution in [0.25, 0.3) is 0 Å². The number of rotatable bonds is 11. The fourth-order valence-electron chi connectivity index (χ4n) is 3.00. The molecule has 0 aromatic rings. The number of nitrogens with one attached hydrogen (secondary N) is 1. The van der Waals surface area contributed by atoms with Crippen LogP contribution in [0.4, 0.5) is 0 Å². The van der Waals surface area contributed by atoms with E-state index in [1.807, 2.05) is 7.05 Å². The molecule has 1 N–H and O–H groups in total. The van der Waals surface area contributed by atoms with Crippen LogP contribution >= 0.6 is 0 Å².